The SMILES string of the molecule is COc1cc(C(=O)OC(C)C(=O)NC2CC2)ccc1OCC(C)C. The average molecular weight is 335 g/mol. The van der Waals surface area contributed by atoms with Crippen LogP contribution in [0.2, 0.25) is 0 Å². The summed E-state index contributed by atoms with van der Waals surface area (Å²) in [4.78, 5) is 24.1. The molecule has 1 aromatic carbocycles. The van der Waals surface area contributed by atoms with Crippen molar-refractivity contribution in [1.82, 2.24) is 5.32 Å². The van der Waals surface area contributed by atoms with E-state index in [1.807, 2.05) is 13.8 Å². The van der Waals surface area contributed by atoms with Gasteiger partial charge in [0.25, 0.3) is 5.91 Å². The lowest BCUT2D eigenvalue weighted by atomic mass is 10.2. The molecule has 1 amide bonds. The van der Waals surface area contributed by atoms with Gasteiger partial charge in [-0.3, -0.25) is 4.79 Å². The van der Waals surface area contributed by atoms with Gasteiger partial charge < -0.3 is 19.5 Å². The highest BCUT2D eigenvalue weighted by Gasteiger charge is 2.27. The summed E-state index contributed by atoms with van der Waals surface area (Å²) >= 11 is 0. The topological polar surface area (TPSA) is 73.9 Å². The minimum absolute atomic E-state index is 0.233. The zero-order valence-electron chi connectivity index (χ0n) is 14.6. The number of benzene rings is 1. The van der Waals surface area contributed by atoms with Crippen molar-refractivity contribution in [1.29, 1.82) is 0 Å². The van der Waals surface area contributed by atoms with Gasteiger partial charge in [-0.25, -0.2) is 4.79 Å². The molecule has 1 aromatic rings. The average Bonchev–Trinajstić information content (AvgIpc) is 3.36. The van der Waals surface area contributed by atoms with E-state index in [2.05, 4.69) is 5.32 Å². The first-order valence-electron chi connectivity index (χ1n) is 8.23. The predicted molar refractivity (Wildman–Crippen MR) is 89.4 cm³/mol. The Balaban J connectivity index is 1.99. The van der Waals surface area contributed by atoms with Crippen LogP contribution in [0.15, 0.2) is 18.2 Å². The number of carbonyl (C=O) groups excluding carboxylic acids is 2. The van der Waals surface area contributed by atoms with E-state index in [-0.39, 0.29) is 11.9 Å². The van der Waals surface area contributed by atoms with E-state index in [0.717, 1.165) is 12.8 Å². The Kier molecular flexibility index (Phi) is 6.06. The number of rotatable bonds is 8. The van der Waals surface area contributed by atoms with Crippen LogP contribution in [0.3, 0.4) is 0 Å². The van der Waals surface area contributed by atoms with Crippen molar-refractivity contribution in [3.05, 3.63) is 23.8 Å². The van der Waals surface area contributed by atoms with E-state index < -0.39 is 12.1 Å². The number of amides is 1. The van der Waals surface area contributed by atoms with Gasteiger partial charge >= 0.3 is 5.97 Å². The van der Waals surface area contributed by atoms with Crippen LogP contribution < -0.4 is 14.8 Å². The largest absolute Gasteiger partial charge is 0.493 e. The Hall–Kier alpha value is -2.24. The molecule has 1 N–H and O–H groups in total. The molecule has 0 radical (unpaired) electrons. The van der Waals surface area contributed by atoms with Crippen molar-refractivity contribution in [2.24, 2.45) is 5.92 Å². The molecule has 1 aliphatic carbocycles. The first-order chi connectivity index (χ1) is 11.4. The van der Waals surface area contributed by atoms with Crippen molar-refractivity contribution in [3.63, 3.8) is 0 Å². The van der Waals surface area contributed by atoms with E-state index >= 15 is 0 Å². The Morgan fingerprint density at radius 3 is 2.50 bits per heavy atom. The first kappa shape index (κ1) is 18.1. The molecule has 24 heavy (non-hydrogen) atoms. The minimum Gasteiger partial charge on any atom is -0.493 e. The van der Waals surface area contributed by atoms with E-state index in [9.17, 15) is 9.59 Å². The van der Waals surface area contributed by atoms with Crippen molar-refractivity contribution >= 4 is 11.9 Å². The molecule has 1 aliphatic rings. The van der Waals surface area contributed by atoms with Gasteiger partial charge in [-0.1, -0.05) is 13.8 Å². The maximum absolute atomic E-state index is 12.2. The number of esters is 1. The fourth-order valence-electron chi connectivity index (χ4n) is 2.00. The third-order valence-corrected chi connectivity index (χ3v) is 3.55. The summed E-state index contributed by atoms with van der Waals surface area (Å²) in [5, 5.41) is 2.81. The highest BCUT2D eigenvalue weighted by Crippen LogP contribution is 2.29. The van der Waals surface area contributed by atoms with E-state index in [1.54, 1.807) is 25.1 Å². The molecular formula is C18H25NO5. The second kappa shape index (κ2) is 8.04. The van der Waals surface area contributed by atoms with Crippen molar-refractivity contribution in [3.8, 4) is 11.5 Å². The smallest absolute Gasteiger partial charge is 0.339 e. The second-order valence-corrected chi connectivity index (χ2v) is 6.40. The third kappa shape index (κ3) is 5.15. The number of hydrogen-bond donors (Lipinski definition) is 1. The molecule has 0 aliphatic heterocycles. The number of nitrogens with one attached hydrogen (secondary N) is 1. The van der Waals surface area contributed by atoms with Gasteiger partial charge in [-0.05, 0) is 43.9 Å². The van der Waals surface area contributed by atoms with Crippen LogP contribution in [-0.4, -0.2) is 37.7 Å². The first-order valence-corrected chi connectivity index (χ1v) is 8.23. The van der Waals surface area contributed by atoms with Gasteiger partial charge in [0.1, 0.15) is 0 Å². The lowest BCUT2D eigenvalue weighted by Crippen LogP contribution is -2.37. The maximum Gasteiger partial charge on any atom is 0.339 e. The quantitative estimate of drug-likeness (QED) is 0.739. The Labute approximate surface area is 142 Å². The lowest BCUT2D eigenvalue weighted by Gasteiger charge is -2.15. The Morgan fingerprint density at radius 1 is 1.21 bits per heavy atom. The van der Waals surface area contributed by atoms with Gasteiger partial charge in [0, 0.05) is 6.04 Å². The molecule has 1 unspecified atom stereocenters. The highest BCUT2D eigenvalue weighted by atomic mass is 16.5. The van der Waals surface area contributed by atoms with Crippen LogP contribution in [0.1, 0.15) is 44.0 Å². The molecular weight excluding hydrogens is 310 g/mol. The van der Waals surface area contributed by atoms with Gasteiger partial charge in [-0.15, -0.1) is 0 Å². The summed E-state index contributed by atoms with van der Waals surface area (Å²) in [6, 6.07) is 5.07. The van der Waals surface area contributed by atoms with Gasteiger partial charge in [0.05, 0.1) is 19.3 Å². The summed E-state index contributed by atoms with van der Waals surface area (Å²) in [5.74, 6) is 0.574. The van der Waals surface area contributed by atoms with E-state index in [4.69, 9.17) is 14.2 Å². The summed E-state index contributed by atoms with van der Waals surface area (Å²) in [6.45, 7) is 6.21. The summed E-state index contributed by atoms with van der Waals surface area (Å²) < 4.78 is 16.1. The predicted octanol–water partition coefficient (Wildman–Crippen LogP) is 2.55. The van der Waals surface area contributed by atoms with Crippen molar-refractivity contribution in [2.45, 2.75) is 45.8 Å². The second-order valence-electron chi connectivity index (χ2n) is 6.40. The summed E-state index contributed by atoms with van der Waals surface area (Å²) in [5.41, 5.74) is 0.315. The fraction of sp³-hybridized carbons (Fsp3) is 0.556. The third-order valence-electron chi connectivity index (χ3n) is 3.55. The molecule has 1 saturated carbocycles. The molecule has 0 saturated heterocycles. The summed E-state index contributed by atoms with van der Waals surface area (Å²) in [6.07, 6.45) is 1.14. The lowest BCUT2D eigenvalue weighted by molar-refractivity contribution is -0.129. The molecule has 0 heterocycles. The number of carbonyl (C=O) groups is 2. The number of hydrogen-bond acceptors (Lipinski definition) is 5. The van der Waals surface area contributed by atoms with Crippen LogP contribution in [0.4, 0.5) is 0 Å². The highest BCUT2D eigenvalue weighted by molar-refractivity contribution is 5.93. The van der Waals surface area contributed by atoms with E-state index in [0.29, 0.717) is 29.6 Å². The zero-order chi connectivity index (χ0) is 17.7. The van der Waals surface area contributed by atoms with Gasteiger partial charge in [0.15, 0.2) is 17.6 Å². The number of ether oxygens (including phenoxy) is 3. The molecule has 132 valence electrons. The summed E-state index contributed by atoms with van der Waals surface area (Å²) in [7, 11) is 1.51. The molecule has 0 spiro atoms. The van der Waals surface area contributed by atoms with Crippen LogP contribution in [0, 0.1) is 5.92 Å². The normalized spacial score (nSPS) is 14.9. The zero-order valence-corrected chi connectivity index (χ0v) is 14.6. The molecule has 6 heteroatoms. The molecule has 1 fully saturated rings. The van der Waals surface area contributed by atoms with Crippen molar-refractivity contribution < 1.29 is 23.8 Å². The van der Waals surface area contributed by atoms with Crippen molar-refractivity contribution in [2.75, 3.05) is 13.7 Å². The monoisotopic (exact) mass is 335 g/mol. The van der Waals surface area contributed by atoms with Crippen LogP contribution in [0.5, 0.6) is 11.5 Å². The molecule has 1 atom stereocenters. The fourth-order valence-corrected chi connectivity index (χ4v) is 2.00. The minimum atomic E-state index is -0.832. The molecule has 0 bridgehead atoms. The van der Waals surface area contributed by atoms with Crippen LogP contribution in [0.25, 0.3) is 0 Å². The standard InChI is InChI=1S/C18H25NO5/c1-11(2)10-23-15-8-5-13(9-16(15)22-4)18(21)24-12(3)17(20)19-14-6-7-14/h5,8-9,11-12,14H,6-7,10H2,1-4H3,(H,19,20). The Morgan fingerprint density at radius 2 is 1.92 bits per heavy atom. The van der Waals surface area contributed by atoms with E-state index in [1.165, 1.54) is 7.11 Å². The maximum atomic E-state index is 12.2. The molecule has 0 aromatic heterocycles. The van der Waals surface area contributed by atoms with Gasteiger partial charge in [0.2, 0.25) is 0 Å². The number of methoxy groups -OCH3 is 1. The molecule has 2 rings (SSSR count). The Bertz CT molecular complexity index is 595. The van der Waals surface area contributed by atoms with Crippen LogP contribution in [-0.2, 0) is 9.53 Å². The molecule has 6 nitrogen and oxygen atoms in total. The van der Waals surface area contributed by atoms with Crippen LogP contribution >= 0.6 is 0 Å². The van der Waals surface area contributed by atoms with Gasteiger partial charge in [-0.2, -0.15) is 0 Å².